The molecule has 0 spiro atoms. The maximum absolute atomic E-state index is 12.6. The normalized spacial score (nSPS) is 15.2. The minimum atomic E-state index is -0.0144. The van der Waals surface area contributed by atoms with E-state index >= 15 is 0 Å². The lowest BCUT2D eigenvalue weighted by Crippen LogP contribution is -2.45. The molecule has 1 amide bonds. The topological polar surface area (TPSA) is 63.5 Å². The highest BCUT2D eigenvalue weighted by atomic mass is 32.1. The Morgan fingerprint density at radius 2 is 2.04 bits per heavy atom. The number of nitrogens with zero attached hydrogens (tertiary/aromatic N) is 5. The number of thiazole rings is 1. The van der Waals surface area contributed by atoms with Crippen molar-refractivity contribution in [3.8, 4) is 5.75 Å². The Morgan fingerprint density at radius 3 is 2.68 bits per heavy atom. The van der Waals surface area contributed by atoms with E-state index in [4.69, 9.17) is 9.72 Å². The first-order valence-electron chi connectivity index (χ1n) is 9.44. The van der Waals surface area contributed by atoms with Crippen molar-refractivity contribution in [2.45, 2.75) is 25.8 Å². The maximum Gasteiger partial charge on any atom is 0.274 e. The van der Waals surface area contributed by atoms with Gasteiger partial charge in [0.1, 0.15) is 17.0 Å². The van der Waals surface area contributed by atoms with Crippen LogP contribution in [-0.2, 0) is 7.05 Å². The highest BCUT2D eigenvalue weighted by Crippen LogP contribution is 2.37. The van der Waals surface area contributed by atoms with Crippen LogP contribution in [-0.4, -0.2) is 58.9 Å². The van der Waals surface area contributed by atoms with Crippen molar-refractivity contribution in [1.29, 1.82) is 0 Å². The lowest BCUT2D eigenvalue weighted by atomic mass is 10.0. The molecule has 1 aliphatic heterocycles. The van der Waals surface area contributed by atoms with Crippen LogP contribution < -0.4 is 9.64 Å². The fourth-order valence-corrected chi connectivity index (χ4v) is 4.82. The summed E-state index contributed by atoms with van der Waals surface area (Å²) in [5, 5.41) is 5.26. The second kappa shape index (κ2) is 7.43. The Bertz CT molecular complexity index is 1000. The first-order chi connectivity index (χ1) is 13.5. The van der Waals surface area contributed by atoms with Crippen LogP contribution in [0.4, 0.5) is 5.13 Å². The number of hydrogen-bond donors (Lipinski definition) is 0. The smallest absolute Gasteiger partial charge is 0.274 e. The van der Waals surface area contributed by atoms with Crippen molar-refractivity contribution >= 4 is 32.6 Å². The summed E-state index contributed by atoms with van der Waals surface area (Å²) in [5.41, 5.74) is 2.66. The van der Waals surface area contributed by atoms with Crippen molar-refractivity contribution in [2.24, 2.45) is 7.05 Å². The molecule has 0 aliphatic carbocycles. The predicted molar refractivity (Wildman–Crippen MR) is 111 cm³/mol. The molecule has 7 nitrogen and oxygen atoms in total. The number of benzene rings is 1. The molecule has 0 N–H and O–H groups in total. The molecule has 1 saturated heterocycles. The molecule has 4 rings (SSSR count). The Hall–Kier alpha value is -2.61. The van der Waals surface area contributed by atoms with Crippen molar-refractivity contribution in [2.75, 3.05) is 32.1 Å². The molecule has 3 aromatic rings. The number of ether oxygens (including phenoxy) is 1. The SMILES string of the molecule is COc1ccc(C)c2sc(N3CCC(N(C)C(=O)c4ccn(C)n4)CC3)nc12. The van der Waals surface area contributed by atoms with Crippen molar-refractivity contribution in [1.82, 2.24) is 19.7 Å². The molecular weight excluding hydrogens is 374 g/mol. The van der Waals surface area contributed by atoms with Crippen LogP contribution >= 0.6 is 11.3 Å². The van der Waals surface area contributed by atoms with Crippen LogP contribution in [0.5, 0.6) is 5.75 Å². The van der Waals surface area contributed by atoms with E-state index < -0.39 is 0 Å². The zero-order valence-corrected chi connectivity index (χ0v) is 17.5. The standard InChI is InChI=1S/C20H25N5O2S/c1-13-5-6-16(27-4)17-18(13)28-20(21-17)25-11-7-14(8-12-25)24(3)19(26)15-9-10-23(2)22-15/h5-6,9-10,14H,7-8,11-12H2,1-4H3. The number of carbonyl (C=O) groups is 1. The van der Waals surface area contributed by atoms with Crippen molar-refractivity contribution in [3.05, 3.63) is 35.7 Å². The molecule has 0 bridgehead atoms. The summed E-state index contributed by atoms with van der Waals surface area (Å²) >= 11 is 1.72. The van der Waals surface area contributed by atoms with E-state index in [-0.39, 0.29) is 11.9 Å². The molecule has 8 heteroatoms. The Morgan fingerprint density at radius 1 is 1.29 bits per heavy atom. The molecular formula is C20H25N5O2S. The number of methoxy groups -OCH3 is 1. The lowest BCUT2D eigenvalue weighted by Gasteiger charge is -2.36. The van der Waals surface area contributed by atoms with Crippen LogP contribution in [0.2, 0.25) is 0 Å². The largest absolute Gasteiger partial charge is 0.494 e. The quantitative estimate of drug-likeness (QED) is 0.675. The molecule has 1 aromatic carbocycles. The van der Waals surface area contributed by atoms with Gasteiger partial charge in [0.25, 0.3) is 5.91 Å². The molecule has 0 atom stereocenters. The molecule has 28 heavy (non-hydrogen) atoms. The summed E-state index contributed by atoms with van der Waals surface area (Å²) in [5.74, 6) is 0.804. The number of piperidine rings is 1. The number of anilines is 1. The van der Waals surface area contributed by atoms with Crippen LogP contribution in [0.3, 0.4) is 0 Å². The van der Waals surface area contributed by atoms with E-state index in [9.17, 15) is 4.79 Å². The van der Waals surface area contributed by atoms with Gasteiger partial charge in [-0.3, -0.25) is 9.48 Å². The van der Waals surface area contributed by atoms with Gasteiger partial charge in [-0.1, -0.05) is 17.4 Å². The predicted octanol–water partition coefficient (Wildman–Crippen LogP) is 3.09. The highest BCUT2D eigenvalue weighted by Gasteiger charge is 2.28. The zero-order chi connectivity index (χ0) is 19.8. The summed E-state index contributed by atoms with van der Waals surface area (Å²) in [7, 11) is 5.39. The van der Waals surface area contributed by atoms with Gasteiger partial charge in [0.2, 0.25) is 0 Å². The molecule has 3 heterocycles. The number of hydrogen-bond acceptors (Lipinski definition) is 6. The van der Waals surface area contributed by atoms with Gasteiger partial charge in [-0.05, 0) is 37.5 Å². The van der Waals surface area contributed by atoms with E-state index in [2.05, 4.69) is 23.0 Å². The first-order valence-corrected chi connectivity index (χ1v) is 10.3. The average Bonchev–Trinajstić information content (AvgIpc) is 3.35. The fraction of sp³-hybridized carbons (Fsp3) is 0.450. The Kier molecular flexibility index (Phi) is 4.97. The Balaban J connectivity index is 1.46. The van der Waals surface area contributed by atoms with Gasteiger partial charge in [-0.2, -0.15) is 5.10 Å². The number of rotatable bonds is 4. The zero-order valence-electron chi connectivity index (χ0n) is 16.7. The molecule has 0 saturated carbocycles. The second-order valence-corrected chi connectivity index (χ2v) is 8.25. The van der Waals surface area contributed by atoms with E-state index in [0.29, 0.717) is 5.69 Å². The number of aryl methyl sites for hydroxylation is 2. The summed E-state index contributed by atoms with van der Waals surface area (Å²) in [6.07, 6.45) is 3.63. The second-order valence-electron chi connectivity index (χ2n) is 7.27. The monoisotopic (exact) mass is 399 g/mol. The van der Waals surface area contributed by atoms with Crippen LogP contribution in [0.25, 0.3) is 10.2 Å². The summed E-state index contributed by atoms with van der Waals surface area (Å²) in [6.45, 7) is 3.87. The van der Waals surface area contributed by atoms with Crippen LogP contribution in [0.15, 0.2) is 24.4 Å². The van der Waals surface area contributed by atoms with Gasteiger partial charge >= 0.3 is 0 Å². The van der Waals surface area contributed by atoms with Gasteiger partial charge in [-0.15, -0.1) is 0 Å². The minimum absolute atomic E-state index is 0.0144. The van der Waals surface area contributed by atoms with Crippen molar-refractivity contribution in [3.63, 3.8) is 0 Å². The van der Waals surface area contributed by atoms with Gasteiger partial charge in [0.15, 0.2) is 5.13 Å². The number of carbonyl (C=O) groups excluding carboxylic acids is 1. The van der Waals surface area contributed by atoms with E-state index in [1.165, 1.54) is 10.3 Å². The Labute approximate surface area is 168 Å². The molecule has 1 aliphatic rings. The van der Waals surface area contributed by atoms with Gasteiger partial charge in [0.05, 0.1) is 11.8 Å². The fourth-order valence-electron chi connectivity index (χ4n) is 3.72. The number of fused-ring (bicyclic) bond motifs is 1. The van der Waals surface area contributed by atoms with Crippen LogP contribution in [0, 0.1) is 6.92 Å². The summed E-state index contributed by atoms with van der Waals surface area (Å²) in [4.78, 5) is 21.7. The molecule has 1 fully saturated rings. The molecule has 0 radical (unpaired) electrons. The van der Waals surface area contributed by atoms with Gasteiger partial charge in [-0.25, -0.2) is 4.98 Å². The summed E-state index contributed by atoms with van der Waals surface area (Å²) < 4.78 is 8.31. The molecule has 2 aromatic heterocycles. The third-order valence-electron chi connectivity index (χ3n) is 5.45. The minimum Gasteiger partial charge on any atom is -0.494 e. The molecule has 0 unspecified atom stereocenters. The van der Waals surface area contributed by atoms with E-state index in [1.54, 1.807) is 35.4 Å². The third-order valence-corrected chi connectivity index (χ3v) is 6.70. The molecule has 148 valence electrons. The van der Waals surface area contributed by atoms with E-state index in [0.717, 1.165) is 42.3 Å². The first kappa shape index (κ1) is 18.7. The maximum atomic E-state index is 12.6. The average molecular weight is 400 g/mol. The number of amides is 1. The van der Waals surface area contributed by atoms with Crippen molar-refractivity contribution < 1.29 is 9.53 Å². The van der Waals surface area contributed by atoms with Gasteiger partial charge in [0, 0.05) is 39.4 Å². The van der Waals surface area contributed by atoms with Gasteiger partial charge < -0.3 is 14.5 Å². The lowest BCUT2D eigenvalue weighted by molar-refractivity contribution is 0.0702. The highest BCUT2D eigenvalue weighted by molar-refractivity contribution is 7.22. The number of aromatic nitrogens is 3. The van der Waals surface area contributed by atoms with E-state index in [1.807, 2.05) is 25.1 Å². The third kappa shape index (κ3) is 3.32. The van der Waals surface area contributed by atoms with Crippen LogP contribution in [0.1, 0.15) is 28.9 Å². The summed E-state index contributed by atoms with van der Waals surface area (Å²) in [6, 6.07) is 6.04.